The fourth-order valence-corrected chi connectivity index (χ4v) is 0.784. The molecule has 0 atom stereocenters. The van der Waals surface area contributed by atoms with Gasteiger partial charge in [0.25, 0.3) is 0 Å². The molecule has 0 spiro atoms. The van der Waals surface area contributed by atoms with Crippen LogP contribution in [0.2, 0.25) is 0 Å². The van der Waals surface area contributed by atoms with Gasteiger partial charge in [0.05, 0.1) is 11.6 Å². The number of nitrogens with zero attached hydrogens (tertiary/aromatic N) is 1. The van der Waals surface area contributed by atoms with E-state index in [4.69, 9.17) is 16.4 Å². The molecule has 0 aliphatic heterocycles. The Balaban J connectivity index is 0.00000144. The summed E-state index contributed by atoms with van der Waals surface area (Å²) in [6.45, 7) is 0. The van der Waals surface area contributed by atoms with Crippen LogP contribution in [0.25, 0.3) is 0 Å². The summed E-state index contributed by atoms with van der Waals surface area (Å²) in [4.78, 5) is 0. The van der Waals surface area contributed by atoms with Gasteiger partial charge in [0, 0.05) is 5.69 Å². The van der Waals surface area contributed by atoms with Crippen molar-refractivity contribution in [2.24, 2.45) is 5.73 Å². The molecule has 0 unspecified atom stereocenters. The van der Waals surface area contributed by atoms with Gasteiger partial charge in [0.2, 0.25) is 0 Å². The van der Waals surface area contributed by atoms with Crippen molar-refractivity contribution in [3.8, 4) is 6.07 Å². The summed E-state index contributed by atoms with van der Waals surface area (Å²) in [6.07, 6.45) is 0. The Morgan fingerprint density at radius 3 is 2.31 bits per heavy atom. The minimum atomic E-state index is -0.111. The third-order valence-corrected chi connectivity index (χ3v) is 1.29. The zero-order valence-electron chi connectivity index (χ0n) is 6.74. The second kappa shape index (κ2) is 5.01. The van der Waals surface area contributed by atoms with E-state index in [2.05, 4.69) is 5.32 Å². The van der Waals surface area contributed by atoms with Crippen LogP contribution in [0.4, 0.5) is 5.69 Å². The van der Waals surface area contributed by atoms with Gasteiger partial charge in [-0.2, -0.15) is 5.26 Å². The third kappa shape index (κ3) is 3.45. The summed E-state index contributed by atoms with van der Waals surface area (Å²) >= 11 is 0. The van der Waals surface area contributed by atoms with Gasteiger partial charge in [0.15, 0.2) is 5.96 Å². The zero-order chi connectivity index (χ0) is 8.97. The number of guanidine groups is 1. The number of nitrogens with one attached hydrogen (secondary N) is 2. The Bertz CT molecular complexity index is 325. The van der Waals surface area contributed by atoms with Gasteiger partial charge in [0.1, 0.15) is 0 Å². The largest absolute Gasteiger partial charge is 0.370 e. The molecule has 0 bridgehead atoms. The van der Waals surface area contributed by atoms with Crippen molar-refractivity contribution in [2.75, 3.05) is 5.32 Å². The van der Waals surface area contributed by atoms with Gasteiger partial charge in [-0.3, -0.25) is 5.41 Å². The van der Waals surface area contributed by atoms with E-state index >= 15 is 0 Å². The van der Waals surface area contributed by atoms with E-state index in [0.717, 1.165) is 0 Å². The fraction of sp³-hybridized carbons (Fsp3) is 0. The highest BCUT2D eigenvalue weighted by Gasteiger charge is 1.92. The molecular weight excluding hydrogens is 188 g/mol. The summed E-state index contributed by atoms with van der Waals surface area (Å²) in [7, 11) is 0. The molecule has 0 aliphatic carbocycles. The smallest absolute Gasteiger partial charge is 0.190 e. The van der Waals surface area contributed by atoms with Crippen LogP contribution < -0.4 is 11.1 Å². The molecule has 4 nitrogen and oxygen atoms in total. The van der Waals surface area contributed by atoms with E-state index < -0.39 is 0 Å². The van der Waals surface area contributed by atoms with Crippen molar-refractivity contribution < 1.29 is 0 Å². The van der Waals surface area contributed by atoms with E-state index in [0.29, 0.717) is 11.3 Å². The number of hydrogen-bond donors (Lipinski definition) is 3. The minimum absolute atomic E-state index is 0. The maximum atomic E-state index is 8.47. The second-order valence-corrected chi connectivity index (χ2v) is 2.23. The molecule has 0 fully saturated rings. The lowest BCUT2D eigenvalue weighted by molar-refractivity contribution is 1.41. The molecule has 0 saturated carbocycles. The van der Waals surface area contributed by atoms with Crippen LogP contribution in [0.5, 0.6) is 0 Å². The Hall–Kier alpha value is -1.73. The quantitative estimate of drug-likeness (QED) is 0.467. The van der Waals surface area contributed by atoms with Crippen LogP contribution in [0, 0.1) is 16.7 Å². The number of rotatable bonds is 1. The predicted molar refractivity (Wildman–Crippen MR) is 53.9 cm³/mol. The van der Waals surface area contributed by atoms with Crippen LogP contribution in [0.3, 0.4) is 0 Å². The summed E-state index contributed by atoms with van der Waals surface area (Å²) in [5, 5.41) is 18.0. The van der Waals surface area contributed by atoms with Crippen LogP contribution in [-0.2, 0) is 0 Å². The summed E-state index contributed by atoms with van der Waals surface area (Å²) in [5.74, 6) is -0.111. The Labute approximate surface area is 82.3 Å². The molecule has 4 N–H and O–H groups in total. The summed E-state index contributed by atoms with van der Waals surface area (Å²) in [6, 6.07) is 8.70. The average Bonchev–Trinajstić information content (AvgIpc) is 2.05. The first-order valence-corrected chi connectivity index (χ1v) is 3.33. The number of halogens is 1. The van der Waals surface area contributed by atoms with Gasteiger partial charge in [-0.1, -0.05) is 0 Å². The molecule has 68 valence electrons. The average molecular weight is 197 g/mol. The predicted octanol–water partition coefficient (Wildman–Crippen LogP) is 1.29. The highest BCUT2D eigenvalue weighted by atomic mass is 35.5. The topological polar surface area (TPSA) is 85.7 Å². The lowest BCUT2D eigenvalue weighted by atomic mass is 10.2. The third-order valence-electron chi connectivity index (χ3n) is 1.29. The van der Waals surface area contributed by atoms with Crippen molar-refractivity contribution in [2.45, 2.75) is 0 Å². The van der Waals surface area contributed by atoms with E-state index in [9.17, 15) is 0 Å². The summed E-state index contributed by atoms with van der Waals surface area (Å²) in [5.41, 5.74) is 6.40. The molecule has 0 aromatic heterocycles. The molecule has 1 aromatic carbocycles. The molecule has 1 rings (SSSR count). The summed E-state index contributed by atoms with van der Waals surface area (Å²) < 4.78 is 0. The molecule has 13 heavy (non-hydrogen) atoms. The second-order valence-electron chi connectivity index (χ2n) is 2.23. The van der Waals surface area contributed by atoms with E-state index in [1.54, 1.807) is 24.3 Å². The Kier molecular flexibility index (Phi) is 4.34. The number of benzene rings is 1. The van der Waals surface area contributed by atoms with Gasteiger partial charge >= 0.3 is 0 Å². The molecule has 0 saturated heterocycles. The lowest BCUT2D eigenvalue weighted by Crippen LogP contribution is -2.20. The Morgan fingerprint density at radius 2 is 1.92 bits per heavy atom. The van der Waals surface area contributed by atoms with Crippen molar-refractivity contribution in [3.05, 3.63) is 29.8 Å². The Morgan fingerprint density at radius 1 is 1.38 bits per heavy atom. The zero-order valence-corrected chi connectivity index (χ0v) is 7.56. The monoisotopic (exact) mass is 196 g/mol. The van der Waals surface area contributed by atoms with E-state index in [1.807, 2.05) is 6.07 Å². The van der Waals surface area contributed by atoms with Gasteiger partial charge in [-0.05, 0) is 24.3 Å². The normalized spacial score (nSPS) is 7.92. The van der Waals surface area contributed by atoms with Crippen LogP contribution in [0.1, 0.15) is 5.56 Å². The molecule has 1 aromatic rings. The lowest BCUT2D eigenvalue weighted by Gasteiger charge is -2.01. The standard InChI is InChI=1S/C8H8N4.ClH/c9-5-6-1-3-7(4-2-6)12-8(10)11;/h1-4H,(H4,10,11,12);1H. The highest BCUT2D eigenvalue weighted by molar-refractivity contribution is 5.89. The number of nitrogens with two attached hydrogens (primary N) is 1. The first-order chi connectivity index (χ1) is 5.72. The van der Waals surface area contributed by atoms with Gasteiger partial charge in [-0.25, -0.2) is 0 Å². The van der Waals surface area contributed by atoms with Crippen LogP contribution in [-0.4, -0.2) is 5.96 Å². The highest BCUT2D eigenvalue weighted by Crippen LogP contribution is 2.07. The SMILES string of the molecule is Cl.N#Cc1ccc(NC(=N)N)cc1. The first kappa shape index (κ1) is 11.3. The van der Waals surface area contributed by atoms with Crippen molar-refractivity contribution >= 4 is 24.1 Å². The van der Waals surface area contributed by atoms with Gasteiger partial charge in [-0.15, -0.1) is 12.4 Å². The van der Waals surface area contributed by atoms with Gasteiger partial charge < -0.3 is 11.1 Å². The molecular formula is C8H9ClN4. The van der Waals surface area contributed by atoms with Crippen molar-refractivity contribution in [3.63, 3.8) is 0 Å². The molecule has 0 heterocycles. The molecule has 5 heteroatoms. The van der Waals surface area contributed by atoms with E-state index in [1.165, 1.54) is 0 Å². The minimum Gasteiger partial charge on any atom is -0.370 e. The maximum Gasteiger partial charge on any atom is 0.190 e. The van der Waals surface area contributed by atoms with Crippen LogP contribution in [0.15, 0.2) is 24.3 Å². The number of anilines is 1. The maximum absolute atomic E-state index is 8.47. The molecule has 0 amide bonds. The molecule has 0 aliphatic rings. The fourth-order valence-electron chi connectivity index (χ4n) is 0.784. The first-order valence-electron chi connectivity index (χ1n) is 3.33. The van der Waals surface area contributed by atoms with E-state index in [-0.39, 0.29) is 18.4 Å². The molecule has 0 radical (unpaired) electrons. The number of nitriles is 1. The van der Waals surface area contributed by atoms with Crippen LogP contribution >= 0.6 is 12.4 Å². The van der Waals surface area contributed by atoms with Crippen molar-refractivity contribution in [1.82, 2.24) is 0 Å². The van der Waals surface area contributed by atoms with Crippen molar-refractivity contribution in [1.29, 1.82) is 10.7 Å². The number of hydrogen-bond acceptors (Lipinski definition) is 2.